The van der Waals surface area contributed by atoms with Gasteiger partial charge in [-0.15, -0.1) is 0 Å². The number of aryl methyl sites for hydroxylation is 1. The van der Waals surface area contributed by atoms with Crippen LogP contribution in [0.1, 0.15) is 21.5 Å². The second kappa shape index (κ2) is 7.98. The van der Waals surface area contributed by atoms with Gasteiger partial charge in [0.25, 0.3) is 0 Å². The molecule has 0 radical (unpaired) electrons. The molecule has 124 valence electrons. The molecule has 1 aromatic rings. The van der Waals surface area contributed by atoms with E-state index < -0.39 is 17.9 Å². The summed E-state index contributed by atoms with van der Waals surface area (Å²) in [6.07, 6.45) is 0.971. The van der Waals surface area contributed by atoms with Gasteiger partial charge in [-0.1, -0.05) is 0 Å². The van der Waals surface area contributed by atoms with Gasteiger partial charge >= 0.3 is 17.9 Å². The zero-order valence-electron chi connectivity index (χ0n) is 13.7. The molecule has 7 heteroatoms. The Hall–Kier alpha value is -2.83. The smallest absolute Gasteiger partial charge is 0.354 e. The Bertz CT molecular complexity index is 663. The normalized spacial score (nSPS) is 10.7. The topological polar surface area (TPSA) is 90.9 Å². The number of carbonyl (C=O) groups is 3. The number of carbonyl (C=O) groups excluding carboxylic acids is 3. The van der Waals surface area contributed by atoms with E-state index in [0.29, 0.717) is 11.3 Å². The van der Waals surface area contributed by atoms with E-state index in [1.165, 1.54) is 27.4 Å². The number of benzene rings is 1. The average molecular weight is 321 g/mol. The fourth-order valence-electron chi connectivity index (χ4n) is 1.84. The molecule has 0 aliphatic heterocycles. The molecule has 0 amide bonds. The summed E-state index contributed by atoms with van der Waals surface area (Å²) < 4.78 is 13.8. The van der Waals surface area contributed by atoms with Crippen LogP contribution in [0.3, 0.4) is 0 Å². The van der Waals surface area contributed by atoms with E-state index in [1.54, 1.807) is 13.0 Å². The molecule has 0 heterocycles. The van der Waals surface area contributed by atoms with Gasteiger partial charge in [-0.25, -0.2) is 14.4 Å². The van der Waals surface area contributed by atoms with Crippen LogP contribution < -0.4 is 5.32 Å². The van der Waals surface area contributed by atoms with Crippen molar-refractivity contribution in [1.29, 1.82) is 0 Å². The molecule has 0 aliphatic rings. The minimum atomic E-state index is -0.742. The van der Waals surface area contributed by atoms with Gasteiger partial charge in [0, 0.05) is 5.69 Å². The molecule has 0 unspecified atom stereocenters. The van der Waals surface area contributed by atoms with Crippen LogP contribution in [0.5, 0.6) is 0 Å². The monoisotopic (exact) mass is 321 g/mol. The van der Waals surface area contributed by atoms with Gasteiger partial charge in [-0.3, -0.25) is 0 Å². The predicted octanol–water partition coefficient (Wildman–Crippen LogP) is 1.73. The molecular weight excluding hydrogens is 302 g/mol. The average Bonchev–Trinajstić information content (AvgIpc) is 2.55. The van der Waals surface area contributed by atoms with E-state index in [0.717, 1.165) is 17.2 Å². The maximum Gasteiger partial charge on any atom is 0.354 e. The van der Waals surface area contributed by atoms with Crippen LogP contribution in [-0.2, 0) is 23.8 Å². The quantitative estimate of drug-likeness (QED) is 0.501. The minimum Gasteiger partial charge on any atom is -0.466 e. The lowest BCUT2D eigenvalue weighted by molar-refractivity contribution is -0.138. The van der Waals surface area contributed by atoms with Gasteiger partial charge in [0.05, 0.1) is 33.0 Å². The zero-order valence-corrected chi connectivity index (χ0v) is 13.7. The molecule has 0 saturated carbocycles. The standard InChI is InChI=1S/C16H19NO6/c1-9-6-11(7-12(10(9)2)15(19)22-4)17-13(16(20)23-5)8-14(18)21-3/h6-8,17H,1-5H3/b13-8+. The highest BCUT2D eigenvalue weighted by atomic mass is 16.5. The third-order valence-corrected chi connectivity index (χ3v) is 3.22. The molecule has 0 spiro atoms. The number of hydrogen-bond acceptors (Lipinski definition) is 7. The Morgan fingerprint density at radius 1 is 1.00 bits per heavy atom. The molecule has 0 atom stereocenters. The number of methoxy groups -OCH3 is 3. The second-order valence-electron chi connectivity index (χ2n) is 4.66. The summed E-state index contributed by atoms with van der Waals surface area (Å²) >= 11 is 0. The Labute approximate surface area is 134 Å². The van der Waals surface area contributed by atoms with Crippen LogP contribution in [0, 0.1) is 13.8 Å². The van der Waals surface area contributed by atoms with Gasteiger partial charge in [0.2, 0.25) is 0 Å². The number of hydrogen-bond donors (Lipinski definition) is 1. The second-order valence-corrected chi connectivity index (χ2v) is 4.66. The highest BCUT2D eigenvalue weighted by molar-refractivity contribution is 5.99. The summed E-state index contributed by atoms with van der Waals surface area (Å²) in [5, 5.41) is 2.76. The zero-order chi connectivity index (χ0) is 17.6. The molecule has 1 rings (SSSR count). The van der Waals surface area contributed by atoms with Gasteiger partial charge < -0.3 is 19.5 Å². The minimum absolute atomic E-state index is 0.113. The van der Waals surface area contributed by atoms with Gasteiger partial charge in [-0.2, -0.15) is 0 Å². The first-order valence-electron chi connectivity index (χ1n) is 6.68. The van der Waals surface area contributed by atoms with Crippen molar-refractivity contribution < 1.29 is 28.6 Å². The molecule has 0 aromatic heterocycles. The third kappa shape index (κ3) is 4.57. The molecule has 1 aromatic carbocycles. The van der Waals surface area contributed by atoms with Crippen LogP contribution in [0.4, 0.5) is 5.69 Å². The van der Waals surface area contributed by atoms with E-state index in [-0.39, 0.29) is 5.70 Å². The van der Waals surface area contributed by atoms with E-state index >= 15 is 0 Å². The van der Waals surface area contributed by atoms with Crippen LogP contribution in [0.25, 0.3) is 0 Å². The molecule has 0 bridgehead atoms. The molecule has 23 heavy (non-hydrogen) atoms. The number of rotatable bonds is 5. The Balaban J connectivity index is 3.26. The van der Waals surface area contributed by atoms with Gasteiger partial charge in [-0.05, 0) is 37.1 Å². The molecule has 0 fully saturated rings. The van der Waals surface area contributed by atoms with Crippen molar-refractivity contribution in [3.05, 3.63) is 40.6 Å². The van der Waals surface area contributed by atoms with E-state index in [9.17, 15) is 14.4 Å². The van der Waals surface area contributed by atoms with Crippen LogP contribution in [0.2, 0.25) is 0 Å². The maximum atomic E-state index is 11.8. The fourth-order valence-corrected chi connectivity index (χ4v) is 1.84. The van der Waals surface area contributed by atoms with Crippen LogP contribution in [0.15, 0.2) is 23.9 Å². The number of ether oxygens (including phenoxy) is 3. The van der Waals surface area contributed by atoms with Crippen molar-refractivity contribution in [3.8, 4) is 0 Å². The van der Waals surface area contributed by atoms with E-state index in [1.807, 2.05) is 6.92 Å². The van der Waals surface area contributed by atoms with Crippen molar-refractivity contribution in [3.63, 3.8) is 0 Å². The van der Waals surface area contributed by atoms with Crippen LogP contribution in [-0.4, -0.2) is 39.2 Å². The van der Waals surface area contributed by atoms with Gasteiger partial charge in [0.15, 0.2) is 0 Å². The van der Waals surface area contributed by atoms with Crippen molar-refractivity contribution >= 4 is 23.6 Å². The summed E-state index contributed by atoms with van der Waals surface area (Å²) in [6.45, 7) is 3.60. The third-order valence-electron chi connectivity index (χ3n) is 3.22. The fraction of sp³-hybridized carbons (Fsp3) is 0.312. The Morgan fingerprint density at radius 2 is 1.65 bits per heavy atom. The highest BCUT2D eigenvalue weighted by Crippen LogP contribution is 2.22. The maximum absolute atomic E-state index is 11.8. The van der Waals surface area contributed by atoms with Gasteiger partial charge in [0.1, 0.15) is 5.70 Å². The number of anilines is 1. The lowest BCUT2D eigenvalue weighted by Gasteiger charge is -2.13. The lowest BCUT2D eigenvalue weighted by atomic mass is 10.0. The Morgan fingerprint density at radius 3 is 2.17 bits per heavy atom. The van der Waals surface area contributed by atoms with Crippen molar-refractivity contribution in [2.24, 2.45) is 0 Å². The summed E-state index contributed by atoms with van der Waals surface area (Å²) in [5.74, 6) is -1.95. The number of esters is 3. The van der Waals surface area contributed by atoms with Crippen LogP contribution >= 0.6 is 0 Å². The molecule has 1 N–H and O–H groups in total. The molecular formula is C16H19NO6. The molecule has 7 nitrogen and oxygen atoms in total. The molecule has 0 saturated heterocycles. The first kappa shape index (κ1) is 18.2. The van der Waals surface area contributed by atoms with E-state index in [4.69, 9.17) is 4.74 Å². The Kier molecular flexibility index (Phi) is 6.32. The largest absolute Gasteiger partial charge is 0.466 e. The summed E-state index contributed by atoms with van der Waals surface area (Å²) in [4.78, 5) is 34.9. The van der Waals surface area contributed by atoms with E-state index in [2.05, 4.69) is 14.8 Å². The van der Waals surface area contributed by atoms with Crippen molar-refractivity contribution in [2.45, 2.75) is 13.8 Å². The number of nitrogens with one attached hydrogen (secondary N) is 1. The van der Waals surface area contributed by atoms with Crippen molar-refractivity contribution in [2.75, 3.05) is 26.6 Å². The summed E-state index contributed by atoms with van der Waals surface area (Å²) in [6, 6.07) is 3.26. The summed E-state index contributed by atoms with van der Waals surface area (Å²) in [5.41, 5.74) is 2.27. The first-order chi connectivity index (χ1) is 10.8. The lowest BCUT2D eigenvalue weighted by Crippen LogP contribution is -2.16. The molecule has 0 aliphatic carbocycles. The highest BCUT2D eigenvalue weighted by Gasteiger charge is 2.16. The first-order valence-corrected chi connectivity index (χ1v) is 6.68. The SMILES string of the molecule is COC(=O)/C=C(/Nc1cc(C)c(C)c(C(=O)OC)c1)C(=O)OC. The van der Waals surface area contributed by atoms with Crippen molar-refractivity contribution in [1.82, 2.24) is 0 Å². The summed E-state index contributed by atoms with van der Waals surface area (Å²) in [7, 11) is 3.67. The predicted molar refractivity (Wildman–Crippen MR) is 83.0 cm³/mol.